The fourth-order valence-electron chi connectivity index (χ4n) is 2.00. The predicted octanol–water partition coefficient (Wildman–Crippen LogP) is 4.19. The normalized spacial score (nSPS) is 10.0. The molecular formula is C16H15BrN2OS. The highest BCUT2D eigenvalue weighted by atomic mass is 79.9. The van der Waals surface area contributed by atoms with Gasteiger partial charge in [-0.2, -0.15) is 0 Å². The van der Waals surface area contributed by atoms with Crippen LogP contribution in [-0.2, 0) is 0 Å². The van der Waals surface area contributed by atoms with Crippen molar-refractivity contribution < 1.29 is 4.79 Å². The van der Waals surface area contributed by atoms with Gasteiger partial charge in [0.2, 0.25) is 0 Å². The fraction of sp³-hybridized carbons (Fsp3) is 0.125. The first kappa shape index (κ1) is 15.7. The zero-order chi connectivity index (χ0) is 15.4. The summed E-state index contributed by atoms with van der Waals surface area (Å²) in [4.78, 5) is 12.2. The minimum atomic E-state index is -0.216. The summed E-state index contributed by atoms with van der Waals surface area (Å²) >= 11 is 8.59. The van der Waals surface area contributed by atoms with E-state index >= 15 is 0 Å². The predicted molar refractivity (Wildman–Crippen MR) is 93.7 cm³/mol. The van der Waals surface area contributed by atoms with Crippen molar-refractivity contribution >= 4 is 44.9 Å². The number of nitrogens with one attached hydrogen (secondary N) is 2. The summed E-state index contributed by atoms with van der Waals surface area (Å²) < 4.78 is 0.882. The lowest BCUT2D eigenvalue weighted by Crippen LogP contribution is -2.34. The number of thiocarbonyl (C=S) groups is 1. The second kappa shape index (κ2) is 6.83. The van der Waals surface area contributed by atoms with Crippen LogP contribution in [0.2, 0.25) is 0 Å². The third-order valence-corrected chi connectivity index (χ3v) is 3.73. The van der Waals surface area contributed by atoms with E-state index in [0.29, 0.717) is 5.56 Å². The Morgan fingerprint density at radius 1 is 1.10 bits per heavy atom. The molecule has 0 aliphatic rings. The van der Waals surface area contributed by atoms with Crippen molar-refractivity contribution in [1.82, 2.24) is 5.32 Å². The monoisotopic (exact) mass is 362 g/mol. The molecule has 0 spiro atoms. The van der Waals surface area contributed by atoms with Crippen molar-refractivity contribution in [3.05, 3.63) is 63.6 Å². The average Bonchev–Trinajstić information content (AvgIpc) is 2.40. The van der Waals surface area contributed by atoms with Gasteiger partial charge in [0.15, 0.2) is 5.11 Å². The van der Waals surface area contributed by atoms with Gasteiger partial charge in [-0.15, -0.1) is 0 Å². The van der Waals surface area contributed by atoms with E-state index in [0.717, 1.165) is 21.3 Å². The second-order valence-corrected chi connectivity index (χ2v) is 6.03. The molecule has 0 radical (unpaired) electrons. The molecule has 0 fully saturated rings. The average molecular weight is 363 g/mol. The number of anilines is 1. The van der Waals surface area contributed by atoms with E-state index in [1.165, 1.54) is 0 Å². The molecule has 2 aromatic carbocycles. The van der Waals surface area contributed by atoms with Crippen LogP contribution in [0.5, 0.6) is 0 Å². The highest BCUT2D eigenvalue weighted by molar-refractivity contribution is 9.10. The zero-order valence-corrected chi connectivity index (χ0v) is 14.1. The number of halogens is 1. The maximum atomic E-state index is 12.2. The largest absolute Gasteiger partial charge is 0.331 e. The van der Waals surface area contributed by atoms with Crippen LogP contribution in [0, 0.1) is 13.8 Å². The quantitative estimate of drug-likeness (QED) is 0.786. The number of amides is 1. The molecule has 108 valence electrons. The summed E-state index contributed by atoms with van der Waals surface area (Å²) in [6.45, 7) is 3.92. The van der Waals surface area contributed by atoms with Crippen molar-refractivity contribution in [2.24, 2.45) is 0 Å². The van der Waals surface area contributed by atoms with Gasteiger partial charge < -0.3 is 5.32 Å². The van der Waals surface area contributed by atoms with Crippen LogP contribution >= 0.6 is 28.1 Å². The molecule has 1 amide bonds. The lowest BCUT2D eigenvalue weighted by Gasteiger charge is -2.11. The molecule has 0 unspecified atom stereocenters. The SMILES string of the molecule is Cc1cc(C)cc(C(=O)NC(=S)Nc2ccccc2Br)c1. The van der Waals surface area contributed by atoms with Crippen LogP contribution in [0.25, 0.3) is 0 Å². The minimum absolute atomic E-state index is 0.216. The van der Waals surface area contributed by atoms with Crippen LogP contribution in [-0.4, -0.2) is 11.0 Å². The van der Waals surface area contributed by atoms with Gasteiger partial charge in [0.25, 0.3) is 5.91 Å². The first-order valence-electron chi connectivity index (χ1n) is 6.41. The van der Waals surface area contributed by atoms with Gasteiger partial charge in [-0.1, -0.05) is 29.3 Å². The van der Waals surface area contributed by atoms with Crippen molar-refractivity contribution in [3.63, 3.8) is 0 Å². The van der Waals surface area contributed by atoms with Gasteiger partial charge in [-0.3, -0.25) is 10.1 Å². The van der Waals surface area contributed by atoms with E-state index in [4.69, 9.17) is 12.2 Å². The summed E-state index contributed by atoms with van der Waals surface area (Å²) in [7, 11) is 0. The standard InChI is InChI=1S/C16H15BrN2OS/c1-10-7-11(2)9-12(8-10)15(20)19-16(21)18-14-6-4-3-5-13(14)17/h3-9H,1-2H3,(H2,18,19,20,21). The second-order valence-electron chi connectivity index (χ2n) is 4.76. The first-order chi connectivity index (χ1) is 9.95. The lowest BCUT2D eigenvalue weighted by atomic mass is 10.1. The number of rotatable bonds is 2. The number of para-hydroxylation sites is 1. The molecule has 0 aromatic heterocycles. The zero-order valence-electron chi connectivity index (χ0n) is 11.7. The molecule has 0 saturated carbocycles. The maximum Gasteiger partial charge on any atom is 0.257 e. The number of carbonyl (C=O) groups excluding carboxylic acids is 1. The smallest absolute Gasteiger partial charge is 0.257 e. The molecule has 0 saturated heterocycles. The molecule has 2 N–H and O–H groups in total. The Morgan fingerprint density at radius 2 is 1.71 bits per heavy atom. The molecule has 2 rings (SSSR count). The lowest BCUT2D eigenvalue weighted by molar-refractivity contribution is 0.0977. The van der Waals surface area contributed by atoms with Crippen molar-refractivity contribution in [1.29, 1.82) is 0 Å². The van der Waals surface area contributed by atoms with Crippen LogP contribution in [0.1, 0.15) is 21.5 Å². The summed E-state index contributed by atoms with van der Waals surface area (Å²) in [6.07, 6.45) is 0. The minimum Gasteiger partial charge on any atom is -0.331 e. The number of aryl methyl sites for hydroxylation is 2. The third kappa shape index (κ3) is 4.37. The molecule has 5 heteroatoms. The van der Waals surface area contributed by atoms with Gasteiger partial charge in [0, 0.05) is 10.0 Å². The fourth-order valence-corrected chi connectivity index (χ4v) is 2.58. The number of benzene rings is 2. The molecule has 2 aromatic rings. The molecule has 0 atom stereocenters. The van der Waals surface area contributed by atoms with Crippen molar-refractivity contribution in [2.45, 2.75) is 13.8 Å². The van der Waals surface area contributed by atoms with Gasteiger partial charge in [0.1, 0.15) is 0 Å². The van der Waals surface area contributed by atoms with Crippen LogP contribution in [0.15, 0.2) is 46.9 Å². The maximum absolute atomic E-state index is 12.2. The summed E-state index contributed by atoms with van der Waals surface area (Å²) in [5.74, 6) is -0.216. The molecule has 0 heterocycles. The molecule has 3 nitrogen and oxygen atoms in total. The molecule has 0 aliphatic heterocycles. The van der Waals surface area contributed by atoms with Crippen molar-refractivity contribution in [2.75, 3.05) is 5.32 Å². The molecule has 0 aliphatic carbocycles. The molecular weight excluding hydrogens is 348 g/mol. The third-order valence-electron chi connectivity index (χ3n) is 2.83. The van der Waals surface area contributed by atoms with Crippen LogP contribution in [0.4, 0.5) is 5.69 Å². The van der Waals surface area contributed by atoms with E-state index in [9.17, 15) is 4.79 Å². The number of hydrogen-bond acceptors (Lipinski definition) is 2. The Kier molecular flexibility index (Phi) is 5.09. The van der Waals surface area contributed by atoms with E-state index < -0.39 is 0 Å². The Labute approximate surface area is 137 Å². The van der Waals surface area contributed by atoms with Crippen LogP contribution in [0.3, 0.4) is 0 Å². The number of hydrogen-bond donors (Lipinski definition) is 2. The van der Waals surface area contributed by atoms with E-state index in [1.54, 1.807) is 0 Å². The first-order valence-corrected chi connectivity index (χ1v) is 7.61. The highest BCUT2D eigenvalue weighted by Gasteiger charge is 2.09. The topological polar surface area (TPSA) is 41.1 Å². The van der Waals surface area contributed by atoms with E-state index in [1.807, 2.05) is 56.3 Å². The van der Waals surface area contributed by atoms with Gasteiger partial charge in [0.05, 0.1) is 5.69 Å². The summed E-state index contributed by atoms with van der Waals surface area (Å²) in [6, 6.07) is 13.3. The van der Waals surface area contributed by atoms with Crippen molar-refractivity contribution in [3.8, 4) is 0 Å². The summed E-state index contributed by atoms with van der Waals surface area (Å²) in [5.41, 5.74) is 3.50. The molecule has 21 heavy (non-hydrogen) atoms. The Bertz CT molecular complexity index is 680. The molecule has 0 bridgehead atoms. The Hall–Kier alpha value is -1.72. The van der Waals surface area contributed by atoms with Gasteiger partial charge in [-0.05, 0) is 66.3 Å². The van der Waals surface area contributed by atoms with Crippen LogP contribution < -0.4 is 10.6 Å². The van der Waals surface area contributed by atoms with Gasteiger partial charge >= 0.3 is 0 Å². The highest BCUT2D eigenvalue weighted by Crippen LogP contribution is 2.21. The van der Waals surface area contributed by atoms with Gasteiger partial charge in [-0.25, -0.2) is 0 Å². The van der Waals surface area contributed by atoms with E-state index in [2.05, 4.69) is 26.6 Å². The summed E-state index contributed by atoms with van der Waals surface area (Å²) in [5, 5.41) is 5.95. The number of carbonyl (C=O) groups is 1. The Morgan fingerprint density at radius 3 is 2.33 bits per heavy atom. The Balaban J connectivity index is 2.06. The van der Waals surface area contributed by atoms with E-state index in [-0.39, 0.29) is 11.0 Å².